The molecule has 1 aromatic heterocycles. The molecular weight excluding hydrogens is 316 g/mol. The van der Waals surface area contributed by atoms with E-state index in [0.717, 1.165) is 30.6 Å². The molecule has 2 aromatic rings. The lowest BCUT2D eigenvalue weighted by Gasteiger charge is -2.26. The molecule has 2 unspecified atom stereocenters. The lowest BCUT2D eigenvalue weighted by atomic mass is 9.86. The van der Waals surface area contributed by atoms with E-state index in [2.05, 4.69) is 20.2 Å². The van der Waals surface area contributed by atoms with Gasteiger partial charge < -0.3 is 14.9 Å². The number of imidazole rings is 1. The molecule has 1 aliphatic heterocycles. The summed E-state index contributed by atoms with van der Waals surface area (Å²) in [5.74, 6) is 5.47. The fourth-order valence-electron chi connectivity index (χ4n) is 3.07. The van der Waals surface area contributed by atoms with Crippen molar-refractivity contribution < 1.29 is 8.76 Å². The van der Waals surface area contributed by atoms with Crippen LogP contribution in [0.15, 0.2) is 40.7 Å². The predicted octanol–water partition coefficient (Wildman–Crippen LogP) is 0.277. The lowest BCUT2D eigenvalue weighted by Crippen LogP contribution is -2.27. The van der Waals surface area contributed by atoms with Crippen LogP contribution >= 0.6 is 0 Å². The van der Waals surface area contributed by atoms with Gasteiger partial charge >= 0.3 is 0 Å². The highest BCUT2D eigenvalue weighted by atomic mass is 32.2. The number of amidine groups is 1. The van der Waals surface area contributed by atoms with Gasteiger partial charge in [-0.25, -0.2) is 20.6 Å². The van der Waals surface area contributed by atoms with E-state index in [9.17, 15) is 8.76 Å². The van der Waals surface area contributed by atoms with E-state index in [-0.39, 0.29) is 16.6 Å². The first kappa shape index (κ1) is 15.7. The second-order valence-electron chi connectivity index (χ2n) is 5.36. The van der Waals surface area contributed by atoms with Gasteiger partial charge in [-0.05, 0) is 30.4 Å². The third kappa shape index (κ3) is 2.98. The number of nitrogens with zero attached hydrogens (tertiary/aromatic N) is 3. The molecule has 0 bridgehead atoms. The molecule has 122 valence electrons. The fourth-order valence-corrected chi connectivity index (χ4v) is 3.66. The Bertz CT molecular complexity index is 772. The van der Waals surface area contributed by atoms with E-state index in [1.165, 1.54) is 0 Å². The molecule has 2 heterocycles. The first-order valence-electron chi connectivity index (χ1n) is 7.13. The molecule has 2 atom stereocenters. The Morgan fingerprint density at radius 1 is 1.52 bits per heavy atom. The van der Waals surface area contributed by atoms with E-state index in [4.69, 9.17) is 11.6 Å². The Hall–Kier alpha value is -2.23. The van der Waals surface area contributed by atoms with Crippen LogP contribution in [0.4, 0.5) is 0 Å². The van der Waals surface area contributed by atoms with Crippen LogP contribution in [0.3, 0.4) is 0 Å². The van der Waals surface area contributed by atoms with E-state index in [0.29, 0.717) is 5.56 Å². The summed E-state index contributed by atoms with van der Waals surface area (Å²) in [6, 6.07) is 5.25. The van der Waals surface area contributed by atoms with Gasteiger partial charge in [0.2, 0.25) is 0 Å². The van der Waals surface area contributed by atoms with Crippen molar-refractivity contribution >= 4 is 16.9 Å². The van der Waals surface area contributed by atoms with E-state index >= 15 is 0 Å². The van der Waals surface area contributed by atoms with E-state index in [1.807, 2.05) is 18.6 Å². The predicted molar refractivity (Wildman–Crippen MR) is 86.8 cm³/mol. The Morgan fingerprint density at radius 2 is 2.35 bits per heavy atom. The van der Waals surface area contributed by atoms with Crippen molar-refractivity contribution in [2.24, 2.45) is 16.7 Å². The standard InChI is InChI=1S/C14H18N6O2S/c15-14(18-19-16)13-11(2-1-3-12(13)23(21)22)9-4-5-20-8-17-7-10(20)6-9/h1-3,7-9,19H,4-6,16H2,(H2,15,18)(H,21,22). The van der Waals surface area contributed by atoms with E-state index in [1.54, 1.807) is 12.1 Å². The summed E-state index contributed by atoms with van der Waals surface area (Å²) in [7, 11) is 0. The Morgan fingerprint density at radius 3 is 3.09 bits per heavy atom. The fraction of sp³-hybridized carbons (Fsp3) is 0.286. The molecule has 9 heteroatoms. The Kier molecular flexibility index (Phi) is 4.42. The summed E-state index contributed by atoms with van der Waals surface area (Å²) in [6.07, 6.45) is 5.34. The zero-order valence-corrected chi connectivity index (χ0v) is 13.2. The van der Waals surface area contributed by atoms with Crippen molar-refractivity contribution in [3.05, 3.63) is 47.5 Å². The second kappa shape index (κ2) is 6.49. The lowest BCUT2D eigenvalue weighted by molar-refractivity contribution is 0.473. The molecule has 6 N–H and O–H groups in total. The monoisotopic (exact) mass is 334 g/mol. The molecular formula is C14H18N6O2S. The molecule has 1 aromatic carbocycles. The van der Waals surface area contributed by atoms with Crippen LogP contribution in [0, 0.1) is 0 Å². The summed E-state index contributed by atoms with van der Waals surface area (Å²) >= 11 is -2.16. The average molecular weight is 334 g/mol. The summed E-state index contributed by atoms with van der Waals surface area (Å²) in [6.45, 7) is 0.845. The molecule has 23 heavy (non-hydrogen) atoms. The summed E-state index contributed by atoms with van der Waals surface area (Å²) < 4.78 is 23.3. The highest BCUT2D eigenvalue weighted by Gasteiger charge is 2.26. The average Bonchev–Trinajstić information content (AvgIpc) is 3.01. The van der Waals surface area contributed by atoms with Crippen molar-refractivity contribution in [2.75, 3.05) is 0 Å². The number of aromatic nitrogens is 2. The smallest absolute Gasteiger partial charge is 0.187 e. The number of nitrogens with one attached hydrogen (secondary N) is 1. The van der Waals surface area contributed by atoms with E-state index < -0.39 is 11.1 Å². The highest BCUT2D eigenvalue weighted by Crippen LogP contribution is 2.33. The first-order chi connectivity index (χ1) is 11.1. The quantitative estimate of drug-likeness (QED) is 0.209. The SMILES string of the molecule is NN/N=C(\N)c1c(C2CCn3cncc3C2)cccc1S(=O)O. The maximum absolute atomic E-state index is 11.7. The molecule has 0 saturated carbocycles. The Balaban J connectivity index is 2.07. The normalized spacial score (nSPS) is 19.2. The van der Waals surface area contributed by atoms with Crippen LogP contribution in [0.1, 0.15) is 29.2 Å². The number of benzene rings is 1. The summed E-state index contributed by atoms with van der Waals surface area (Å²) in [5.41, 5.74) is 10.6. The summed E-state index contributed by atoms with van der Waals surface area (Å²) in [4.78, 5) is 4.40. The molecule has 0 amide bonds. The largest absolute Gasteiger partial charge is 0.382 e. The minimum atomic E-state index is -2.16. The first-order valence-corrected chi connectivity index (χ1v) is 8.24. The summed E-state index contributed by atoms with van der Waals surface area (Å²) in [5, 5.41) is 3.79. The number of hydrogen-bond donors (Lipinski definition) is 4. The minimum Gasteiger partial charge on any atom is -0.382 e. The van der Waals surface area contributed by atoms with Crippen molar-refractivity contribution in [2.45, 2.75) is 30.2 Å². The number of hydrazone groups is 1. The molecule has 0 radical (unpaired) electrons. The van der Waals surface area contributed by atoms with Crippen LogP contribution in [0.5, 0.6) is 0 Å². The van der Waals surface area contributed by atoms with Crippen LogP contribution < -0.4 is 17.1 Å². The highest BCUT2D eigenvalue weighted by molar-refractivity contribution is 7.79. The van der Waals surface area contributed by atoms with Crippen LogP contribution in [-0.4, -0.2) is 24.1 Å². The van der Waals surface area contributed by atoms with Crippen molar-refractivity contribution in [1.29, 1.82) is 0 Å². The number of rotatable bonds is 4. The topological polar surface area (TPSA) is 132 Å². The maximum Gasteiger partial charge on any atom is 0.187 e. The van der Waals surface area contributed by atoms with Crippen molar-refractivity contribution in [3.8, 4) is 0 Å². The van der Waals surface area contributed by atoms with Crippen molar-refractivity contribution in [1.82, 2.24) is 15.1 Å². The van der Waals surface area contributed by atoms with Crippen LogP contribution in [0.2, 0.25) is 0 Å². The molecule has 0 saturated heterocycles. The molecule has 0 spiro atoms. The van der Waals surface area contributed by atoms with Gasteiger partial charge in [0.15, 0.2) is 16.9 Å². The van der Waals surface area contributed by atoms with Crippen LogP contribution in [0.25, 0.3) is 0 Å². The third-order valence-corrected chi connectivity index (χ3v) is 4.82. The van der Waals surface area contributed by atoms with Gasteiger partial charge in [-0.15, -0.1) is 5.10 Å². The molecule has 0 fully saturated rings. The zero-order valence-electron chi connectivity index (χ0n) is 12.3. The number of hydrazine groups is 1. The minimum absolute atomic E-state index is 0.0968. The van der Waals surface area contributed by atoms with Gasteiger partial charge in [-0.1, -0.05) is 12.1 Å². The molecule has 1 aliphatic rings. The molecule has 3 rings (SSSR count). The molecule has 0 aliphatic carbocycles. The number of hydrogen-bond acceptors (Lipinski definition) is 5. The van der Waals surface area contributed by atoms with Gasteiger partial charge in [0.25, 0.3) is 0 Å². The maximum atomic E-state index is 11.7. The van der Waals surface area contributed by atoms with Crippen LogP contribution in [-0.2, 0) is 24.0 Å². The zero-order chi connectivity index (χ0) is 16.4. The third-order valence-electron chi connectivity index (χ3n) is 4.10. The number of aryl methyl sites for hydroxylation is 1. The van der Waals surface area contributed by atoms with Gasteiger partial charge in [0.1, 0.15) is 0 Å². The number of fused-ring (bicyclic) bond motifs is 1. The number of nitrogens with two attached hydrogens (primary N) is 2. The van der Waals surface area contributed by atoms with Crippen molar-refractivity contribution in [3.63, 3.8) is 0 Å². The van der Waals surface area contributed by atoms with Gasteiger partial charge in [-0.2, -0.15) is 0 Å². The second-order valence-corrected chi connectivity index (χ2v) is 6.30. The van der Waals surface area contributed by atoms with Gasteiger partial charge in [0.05, 0.1) is 11.2 Å². The Labute approximate surface area is 135 Å². The van der Waals surface area contributed by atoms with Gasteiger partial charge in [0, 0.05) is 24.0 Å². The van der Waals surface area contributed by atoms with Gasteiger partial charge in [-0.3, -0.25) is 0 Å². The molecule has 8 nitrogen and oxygen atoms in total.